The number of thioether (sulfide) groups is 1. The number of aromatic nitrogens is 1. The van der Waals surface area contributed by atoms with Crippen LogP contribution in [0, 0.1) is 13.8 Å². The molecular weight excluding hydrogens is 214 g/mol. The Morgan fingerprint density at radius 3 is 2.73 bits per heavy atom. The third kappa shape index (κ3) is 3.58. The minimum Gasteiger partial charge on any atom is -0.481 e. The van der Waals surface area contributed by atoms with Crippen LogP contribution in [-0.2, 0) is 10.5 Å². The molecule has 0 fully saturated rings. The summed E-state index contributed by atoms with van der Waals surface area (Å²) in [6.07, 6.45) is 0.189. The third-order valence-corrected chi connectivity index (χ3v) is 3.35. The van der Waals surface area contributed by atoms with Crippen LogP contribution >= 0.6 is 11.8 Å². The van der Waals surface area contributed by atoms with Crippen LogP contribution < -0.4 is 0 Å². The molecule has 0 spiro atoms. The lowest BCUT2D eigenvalue weighted by Crippen LogP contribution is -2.06. The predicted molar refractivity (Wildman–Crippen MR) is 59.0 cm³/mol. The van der Waals surface area contributed by atoms with Gasteiger partial charge in [-0.2, -0.15) is 11.8 Å². The second-order valence-corrected chi connectivity index (χ2v) is 4.95. The minimum atomic E-state index is -0.756. The van der Waals surface area contributed by atoms with E-state index >= 15 is 0 Å². The fourth-order valence-electron chi connectivity index (χ4n) is 1.24. The molecule has 0 aliphatic heterocycles. The SMILES string of the molecule is Cc1noc(C)c1CSC(C)CC(=O)O. The van der Waals surface area contributed by atoms with Crippen LogP contribution in [0.2, 0.25) is 0 Å². The van der Waals surface area contributed by atoms with E-state index in [1.807, 2.05) is 20.8 Å². The molecule has 5 heteroatoms. The van der Waals surface area contributed by atoms with Gasteiger partial charge in [0.1, 0.15) is 5.76 Å². The summed E-state index contributed by atoms with van der Waals surface area (Å²) >= 11 is 1.61. The average molecular weight is 229 g/mol. The van der Waals surface area contributed by atoms with E-state index in [0.717, 1.165) is 22.8 Å². The molecule has 1 N–H and O–H groups in total. The summed E-state index contributed by atoms with van der Waals surface area (Å²) in [6, 6.07) is 0. The van der Waals surface area contributed by atoms with Gasteiger partial charge in [0.25, 0.3) is 0 Å². The van der Waals surface area contributed by atoms with Gasteiger partial charge in [-0.3, -0.25) is 4.79 Å². The maximum absolute atomic E-state index is 10.5. The monoisotopic (exact) mass is 229 g/mol. The van der Waals surface area contributed by atoms with Crippen molar-refractivity contribution in [3.63, 3.8) is 0 Å². The van der Waals surface area contributed by atoms with Crippen molar-refractivity contribution in [1.29, 1.82) is 0 Å². The molecule has 0 aliphatic carbocycles. The molecule has 1 aromatic heterocycles. The number of hydrogen-bond acceptors (Lipinski definition) is 4. The van der Waals surface area contributed by atoms with Crippen LogP contribution in [0.25, 0.3) is 0 Å². The molecule has 4 nitrogen and oxygen atoms in total. The summed E-state index contributed by atoms with van der Waals surface area (Å²) in [5, 5.41) is 12.6. The lowest BCUT2D eigenvalue weighted by molar-refractivity contribution is -0.136. The molecule has 0 saturated heterocycles. The van der Waals surface area contributed by atoms with E-state index in [0.29, 0.717) is 0 Å². The Morgan fingerprint density at radius 2 is 2.27 bits per heavy atom. The van der Waals surface area contributed by atoms with E-state index in [1.54, 1.807) is 11.8 Å². The highest BCUT2D eigenvalue weighted by Crippen LogP contribution is 2.23. The number of carboxylic acid groups (broad SMARTS) is 1. The minimum absolute atomic E-state index is 0.108. The first kappa shape index (κ1) is 12.1. The van der Waals surface area contributed by atoms with E-state index in [2.05, 4.69) is 5.16 Å². The van der Waals surface area contributed by atoms with Gasteiger partial charge in [0, 0.05) is 16.6 Å². The Labute approximate surface area is 93.0 Å². The molecular formula is C10H15NO3S. The topological polar surface area (TPSA) is 63.3 Å². The van der Waals surface area contributed by atoms with Crippen LogP contribution in [0.15, 0.2) is 4.52 Å². The quantitative estimate of drug-likeness (QED) is 0.839. The average Bonchev–Trinajstić information content (AvgIpc) is 2.42. The second-order valence-electron chi connectivity index (χ2n) is 3.52. The lowest BCUT2D eigenvalue weighted by Gasteiger charge is -2.07. The van der Waals surface area contributed by atoms with Crippen LogP contribution in [0.4, 0.5) is 0 Å². The van der Waals surface area contributed by atoms with Gasteiger partial charge in [0.2, 0.25) is 0 Å². The fourth-order valence-corrected chi connectivity index (χ4v) is 2.36. The Kier molecular flexibility index (Phi) is 4.20. The number of aliphatic carboxylic acids is 1. The van der Waals surface area contributed by atoms with Gasteiger partial charge in [-0.25, -0.2) is 0 Å². The Hall–Kier alpha value is -0.970. The normalized spacial score (nSPS) is 12.7. The smallest absolute Gasteiger partial charge is 0.304 e. The van der Waals surface area contributed by atoms with Crippen molar-refractivity contribution in [3.05, 3.63) is 17.0 Å². The van der Waals surface area contributed by atoms with Crippen molar-refractivity contribution in [3.8, 4) is 0 Å². The lowest BCUT2D eigenvalue weighted by atomic mass is 10.2. The first-order chi connectivity index (χ1) is 7.00. The molecule has 1 rings (SSSR count). The van der Waals surface area contributed by atoms with Crippen molar-refractivity contribution in [2.24, 2.45) is 0 Å². The molecule has 0 radical (unpaired) electrons. The van der Waals surface area contributed by atoms with Crippen LogP contribution in [-0.4, -0.2) is 21.5 Å². The second kappa shape index (κ2) is 5.21. The molecule has 0 bridgehead atoms. The van der Waals surface area contributed by atoms with Gasteiger partial charge in [0.05, 0.1) is 12.1 Å². The van der Waals surface area contributed by atoms with Crippen LogP contribution in [0.3, 0.4) is 0 Å². The summed E-state index contributed by atoms with van der Waals surface area (Å²) in [6.45, 7) is 5.68. The van der Waals surface area contributed by atoms with E-state index in [-0.39, 0.29) is 11.7 Å². The molecule has 1 atom stereocenters. The molecule has 0 aliphatic rings. The summed E-state index contributed by atoms with van der Waals surface area (Å²) in [5.41, 5.74) is 1.97. The predicted octanol–water partition coefficient (Wildman–Crippen LogP) is 2.39. The molecule has 0 amide bonds. The van der Waals surface area contributed by atoms with Gasteiger partial charge in [0.15, 0.2) is 0 Å². The zero-order valence-corrected chi connectivity index (χ0v) is 9.93. The standard InChI is InChI=1S/C10H15NO3S/c1-6(4-10(12)13)15-5-9-7(2)11-14-8(9)3/h6H,4-5H2,1-3H3,(H,12,13). The molecule has 0 aromatic carbocycles. The first-order valence-corrected chi connectivity index (χ1v) is 5.80. The summed E-state index contributed by atoms with van der Waals surface area (Å²) in [5.74, 6) is 0.826. The van der Waals surface area contributed by atoms with Gasteiger partial charge in [-0.15, -0.1) is 0 Å². The van der Waals surface area contributed by atoms with Gasteiger partial charge >= 0.3 is 5.97 Å². The summed E-state index contributed by atoms with van der Waals surface area (Å²) in [4.78, 5) is 10.5. The fraction of sp³-hybridized carbons (Fsp3) is 0.600. The molecule has 15 heavy (non-hydrogen) atoms. The highest BCUT2D eigenvalue weighted by molar-refractivity contribution is 7.99. The van der Waals surface area contributed by atoms with E-state index in [9.17, 15) is 4.79 Å². The van der Waals surface area contributed by atoms with Crippen molar-refractivity contribution < 1.29 is 14.4 Å². The maximum atomic E-state index is 10.5. The van der Waals surface area contributed by atoms with Gasteiger partial charge in [-0.05, 0) is 13.8 Å². The molecule has 84 valence electrons. The van der Waals surface area contributed by atoms with E-state index in [4.69, 9.17) is 9.63 Å². The Morgan fingerprint density at radius 1 is 1.60 bits per heavy atom. The number of nitrogens with zero attached hydrogens (tertiary/aromatic N) is 1. The molecule has 1 unspecified atom stereocenters. The third-order valence-electron chi connectivity index (χ3n) is 2.16. The van der Waals surface area contributed by atoms with Crippen LogP contribution in [0.1, 0.15) is 30.4 Å². The number of carbonyl (C=O) groups is 1. The summed E-state index contributed by atoms with van der Waals surface area (Å²) in [7, 11) is 0. The van der Waals surface area contributed by atoms with Crippen molar-refractivity contribution in [2.75, 3.05) is 0 Å². The Bertz CT molecular complexity index is 329. The van der Waals surface area contributed by atoms with Gasteiger partial charge < -0.3 is 9.63 Å². The largest absolute Gasteiger partial charge is 0.481 e. The maximum Gasteiger partial charge on any atom is 0.304 e. The van der Waals surface area contributed by atoms with Crippen molar-refractivity contribution in [1.82, 2.24) is 5.16 Å². The van der Waals surface area contributed by atoms with E-state index in [1.165, 1.54) is 0 Å². The van der Waals surface area contributed by atoms with Gasteiger partial charge in [-0.1, -0.05) is 12.1 Å². The zero-order chi connectivity index (χ0) is 11.4. The first-order valence-electron chi connectivity index (χ1n) is 4.76. The number of aryl methyl sites for hydroxylation is 2. The van der Waals surface area contributed by atoms with E-state index < -0.39 is 5.97 Å². The van der Waals surface area contributed by atoms with Crippen LogP contribution in [0.5, 0.6) is 0 Å². The number of carboxylic acids is 1. The Balaban J connectivity index is 2.46. The molecule has 1 aromatic rings. The summed E-state index contributed by atoms with van der Waals surface area (Å²) < 4.78 is 5.03. The highest BCUT2D eigenvalue weighted by Gasteiger charge is 2.12. The highest BCUT2D eigenvalue weighted by atomic mass is 32.2. The molecule has 1 heterocycles. The zero-order valence-electron chi connectivity index (χ0n) is 9.11. The van der Waals surface area contributed by atoms with Crippen molar-refractivity contribution >= 4 is 17.7 Å². The molecule has 0 saturated carbocycles. The number of hydrogen-bond donors (Lipinski definition) is 1. The van der Waals surface area contributed by atoms with Crippen molar-refractivity contribution in [2.45, 2.75) is 38.2 Å². The number of rotatable bonds is 5.